The van der Waals surface area contributed by atoms with Gasteiger partial charge in [-0.25, -0.2) is 0 Å². The van der Waals surface area contributed by atoms with Crippen molar-refractivity contribution in [2.75, 3.05) is 34.0 Å². The third kappa shape index (κ3) is 8.46. The normalized spacial score (nSPS) is 36.7. The Balaban J connectivity index is 0.000000171. The van der Waals surface area contributed by atoms with E-state index in [2.05, 4.69) is 19.2 Å². The van der Waals surface area contributed by atoms with Crippen molar-refractivity contribution in [3.8, 4) is 5.75 Å². The summed E-state index contributed by atoms with van der Waals surface area (Å²) in [6.07, 6.45) is 17.0. The number of benzene rings is 1. The molecule has 1 amide bonds. The Morgan fingerprint density at radius 2 is 1.64 bits per heavy atom. The zero-order valence-corrected chi connectivity index (χ0v) is 40.0. The van der Waals surface area contributed by atoms with Gasteiger partial charge in [0.05, 0.1) is 56.2 Å². The molecule has 9 aliphatic rings. The first-order valence-electron chi connectivity index (χ1n) is 25.3. The third-order valence-corrected chi connectivity index (χ3v) is 18.7. The molecule has 0 unspecified atom stereocenters. The summed E-state index contributed by atoms with van der Waals surface area (Å²) in [5.41, 5.74) is 1.74. The van der Waals surface area contributed by atoms with E-state index < -0.39 is 28.5 Å². The van der Waals surface area contributed by atoms with Crippen molar-refractivity contribution in [2.24, 2.45) is 45.8 Å². The van der Waals surface area contributed by atoms with Gasteiger partial charge in [-0.15, -0.1) is 0 Å². The van der Waals surface area contributed by atoms with E-state index >= 15 is 0 Å². The topological polar surface area (TPSA) is 193 Å². The van der Waals surface area contributed by atoms with Crippen molar-refractivity contribution in [2.45, 2.75) is 166 Å². The maximum absolute atomic E-state index is 13.6. The Morgan fingerprint density at radius 3 is 2.34 bits per heavy atom. The minimum Gasteiger partial charge on any atom is -0.481 e. The number of fused-ring (bicyclic) bond motifs is 5. The van der Waals surface area contributed by atoms with Gasteiger partial charge in [0.15, 0.2) is 5.78 Å². The molecule has 7 fully saturated rings. The number of rotatable bonds is 13. The number of ether oxygens (including phenoxy) is 6. The van der Waals surface area contributed by atoms with Gasteiger partial charge >= 0.3 is 23.9 Å². The summed E-state index contributed by atoms with van der Waals surface area (Å²) in [5.74, 6) is -1.68. The van der Waals surface area contributed by atoms with Crippen molar-refractivity contribution in [1.82, 2.24) is 5.32 Å². The lowest BCUT2D eigenvalue weighted by Crippen LogP contribution is -2.63. The predicted octanol–water partition coefficient (Wildman–Crippen LogP) is 7.19. The van der Waals surface area contributed by atoms with Crippen LogP contribution in [-0.2, 0) is 65.3 Å². The minimum absolute atomic E-state index is 0.0176. The number of aryl methyl sites for hydroxylation is 2. The van der Waals surface area contributed by atoms with Gasteiger partial charge < -0.3 is 38.8 Å². The van der Waals surface area contributed by atoms with Gasteiger partial charge in [-0.3, -0.25) is 28.8 Å². The molecule has 0 bridgehead atoms. The quantitative estimate of drug-likeness (QED) is 0.0875. The van der Waals surface area contributed by atoms with Crippen LogP contribution < -0.4 is 10.1 Å². The lowest BCUT2D eigenvalue weighted by atomic mass is 9.43. The second-order valence-electron chi connectivity index (χ2n) is 22.0. The van der Waals surface area contributed by atoms with Crippen LogP contribution in [0.1, 0.15) is 141 Å². The van der Waals surface area contributed by atoms with Crippen LogP contribution in [0.15, 0.2) is 29.8 Å². The van der Waals surface area contributed by atoms with E-state index in [4.69, 9.17) is 28.4 Å². The molecular weight excluding hydrogens is 859 g/mol. The van der Waals surface area contributed by atoms with E-state index in [1.54, 1.807) is 13.2 Å². The lowest BCUT2D eigenvalue weighted by Gasteiger charge is -2.58. The molecule has 2 saturated heterocycles. The molecule has 9 atom stereocenters. The fourth-order valence-electron chi connectivity index (χ4n) is 14.9. The molecule has 10 rings (SSSR count). The number of hydrogen-bond acceptors (Lipinski definition) is 12. The van der Waals surface area contributed by atoms with E-state index in [1.807, 2.05) is 18.2 Å². The second kappa shape index (κ2) is 18.6. The summed E-state index contributed by atoms with van der Waals surface area (Å²) >= 11 is 0. The smallest absolute Gasteiger partial charge is 0.316 e. The Kier molecular flexibility index (Phi) is 13.3. The molecular formula is C53H71NO13. The summed E-state index contributed by atoms with van der Waals surface area (Å²) in [4.78, 5) is 75.7. The highest BCUT2D eigenvalue weighted by Crippen LogP contribution is 2.78. The number of methoxy groups -OCH3 is 2. The Bertz CT molecular complexity index is 2160. The largest absolute Gasteiger partial charge is 0.481 e. The van der Waals surface area contributed by atoms with Crippen molar-refractivity contribution in [1.29, 1.82) is 0 Å². The zero-order valence-electron chi connectivity index (χ0n) is 40.0. The Morgan fingerprint density at radius 1 is 0.881 bits per heavy atom. The molecule has 14 nitrogen and oxygen atoms in total. The number of carboxylic acid groups (broad SMARTS) is 1. The number of esters is 3. The number of carbonyl (C=O) groups excluding carboxylic acids is 5. The molecule has 7 aliphatic carbocycles. The van der Waals surface area contributed by atoms with Gasteiger partial charge in [0.25, 0.3) is 0 Å². The summed E-state index contributed by atoms with van der Waals surface area (Å²) in [6.45, 7) is 5.48. The number of carboxylic acids is 1. The van der Waals surface area contributed by atoms with Gasteiger partial charge in [-0.05, 0) is 138 Å². The fourth-order valence-corrected chi connectivity index (χ4v) is 14.9. The molecule has 366 valence electrons. The summed E-state index contributed by atoms with van der Waals surface area (Å²) in [7, 11) is 3.05. The second-order valence-corrected chi connectivity index (χ2v) is 22.0. The van der Waals surface area contributed by atoms with Crippen molar-refractivity contribution < 1.29 is 62.3 Å². The monoisotopic (exact) mass is 929 g/mol. The highest BCUT2D eigenvalue weighted by molar-refractivity contribution is 5.92. The SMILES string of the molecule is COC(=O)[C@@H]1CC2=CC(=O)CC[C@]2(C)[C@@]23O[C@@H]2C[C@@]2(C)[C@@H](CC[C@@]24CCC(=O)O4)[C@H]13.COCCOC[C@H](CC1(C(=O)NC2CCC(C(=O)O)CC2)CCCC1)C(=O)Oc1ccc2c(c1)CCC2. The predicted molar refractivity (Wildman–Crippen MR) is 242 cm³/mol. The van der Waals surface area contributed by atoms with Crippen LogP contribution in [0.3, 0.4) is 0 Å². The van der Waals surface area contributed by atoms with Gasteiger partial charge in [0.1, 0.15) is 17.0 Å². The molecule has 2 N–H and O–H groups in total. The molecule has 67 heavy (non-hydrogen) atoms. The zero-order chi connectivity index (χ0) is 47.4. The Hall–Kier alpha value is -4.14. The molecule has 2 aliphatic heterocycles. The number of epoxide rings is 1. The summed E-state index contributed by atoms with van der Waals surface area (Å²) in [6, 6.07) is 5.85. The number of hydrogen-bond donors (Lipinski definition) is 2. The highest BCUT2D eigenvalue weighted by Gasteiger charge is 2.83. The van der Waals surface area contributed by atoms with Crippen LogP contribution in [0.2, 0.25) is 0 Å². The Labute approximate surface area is 394 Å². The first kappa shape index (κ1) is 47.9. The summed E-state index contributed by atoms with van der Waals surface area (Å²) < 4.78 is 34.6. The molecule has 0 radical (unpaired) electrons. The van der Waals surface area contributed by atoms with Gasteiger partial charge in [0.2, 0.25) is 5.91 Å². The number of amides is 1. The fraction of sp³-hybridized carbons (Fsp3) is 0.736. The van der Waals surface area contributed by atoms with Gasteiger partial charge in [-0.2, -0.15) is 0 Å². The maximum atomic E-state index is 13.6. The molecule has 14 heteroatoms. The standard InChI is InChI=1S/C29H41NO7.C24H30O6/c1-35-15-16-36-19-23(27(33)37-25-12-9-20-5-4-6-22(20)17-25)18-29(13-2-3-14-29)28(34)30-24-10-7-21(8-11-24)26(31)32;1-21-7-4-14(25)10-13(21)11-15(20(27)28-3)19-16-5-8-23(9-6-18(26)30-23)22(16,2)12-17-24(19,21)29-17/h9,12,17,21,23-24H,2-8,10-11,13-16,18-19H2,1H3,(H,30,34)(H,31,32);10,15-17,19H,4-9,11-12H2,1-3H3/t21?,23-,24?;15-,16+,17-,19+,21+,22+,23-,24-/m01/s1. The van der Waals surface area contributed by atoms with Crippen molar-refractivity contribution in [3.63, 3.8) is 0 Å². The van der Waals surface area contributed by atoms with Crippen molar-refractivity contribution >= 4 is 35.6 Å². The average Bonchev–Trinajstić information content (AvgIpc) is 3.76. The van der Waals surface area contributed by atoms with Crippen LogP contribution in [0.4, 0.5) is 0 Å². The number of ketones is 1. The molecule has 1 aromatic rings. The molecule has 5 saturated carbocycles. The maximum Gasteiger partial charge on any atom is 0.316 e. The van der Waals surface area contributed by atoms with Crippen LogP contribution in [0.25, 0.3) is 0 Å². The summed E-state index contributed by atoms with van der Waals surface area (Å²) in [5, 5.41) is 12.5. The van der Waals surface area contributed by atoms with Crippen LogP contribution in [0.5, 0.6) is 5.75 Å². The van der Waals surface area contributed by atoms with Crippen LogP contribution >= 0.6 is 0 Å². The molecule has 2 spiro atoms. The van der Waals surface area contributed by atoms with E-state index in [1.165, 1.54) is 18.2 Å². The minimum atomic E-state index is -0.754. The molecule has 0 aromatic heterocycles. The van der Waals surface area contributed by atoms with E-state index in [-0.39, 0.29) is 82.9 Å². The van der Waals surface area contributed by atoms with E-state index in [0.717, 1.165) is 82.6 Å². The van der Waals surface area contributed by atoms with Crippen molar-refractivity contribution in [3.05, 3.63) is 41.0 Å². The molecule has 2 heterocycles. The van der Waals surface area contributed by atoms with Gasteiger partial charge in [-0.1, -0.05) is 38.3 Å². The third-order valence-electron chi connectivity index (χ3n) is 18.7. The average molecular weight is 930 g/mol. The molecule has 1 aromatic carbocycles. The van der Waals surface area contributed by atoms with Crippen LogP contribution in [0, 0.1) is 45.8 Å². The number of aliphatic carboxylic acids is 1. The first-order valence-corrected chi connectivity index (χ1v) is 25.3. The van der Waals surface area contributed by atoms with E-state index in [0.29, 0.717) is 70.3 Å². The first-order chi connectivity index (χ1) is 32.1. The van der Waals surface area contributed by atoms with Crippen LogP contribution in [-0.4, -0.2) is 98.1 Å². The lowest BCUT2D eigenvalue weighted by molar-refractivity contribution is -0.172. The number of nitrogens with one attached hydrogen (secondary N) is 1. The van der Waals surface area contributed by atoms with Gasteiger partial charge in [0, 0.05) is 42.7 Å². The number of carbonyl (C=O) groups is 6. The highest BCUT2D eigenvalue weighted by atomic mass is 16.6. The van der Waals surface area contributed by atoms with E-state index in [9.17, 15) is 33.9 Å².